The van der Waals surface area contributed by atoms with Gasteiger partial charge in [-0.3, -0.25) is 4.79 Å². The predicted molar refractivity (Wildman–Crippen MR) is 126 cm³/mol. The second kappa shape index (κ2) is 13.3. The van der Waals surface area contributed by atoms with Gasteiger partial charge in [0.15, 0.2) is 5.52 Å². The van der Waals surface area contributed by atoms with E-state index >= 15 is 0 Å². The van der Waals surface area contributed by atoms with Crippen LogP contribution >= 0.6 is 8.58 Å². The van der Waals surface area contributed by atoms with Crippen molar-refractivity contribution >= 4 is 33.0 Å². The molecule has 1 radical (unpaired) electrons. The SMILES string of the molecule is CCCCPC(=O)c1c(COc2ccccc2)cccc1COc1ccccc1.[Li]. The molecule has 0 amide bonds. The molecule has 30 heavy (non-hydrogen) atoms. The summed E-state index contributed by atoms with van der Waals surface area (Å²) in [4.78, 5) is 13.1. The second-order valence-corrected chi connectivity index (χ2v) is 8.07. The fourth-order valence-electron chi connectivity index (χ4n) is 3.01. The molecule has 151 valence electrons. The van der Waals surface area contributed by atoms with Crippen molar-refractivity contribution in [1.29, 1.82) is 0 Å². The number of rotatable bonds is 11. The first kappa shape index (κ1) is 24.2. The van der Waals surface area contributed by atoms with E-state index in [0.717, 1.165) is 47.2 Å². The molecule has 3 rings (SSSR count). The maximum absolute atomic E-state index is 13.1. The summed E-state index contributed by atoms with van der Waals surface area (Å²) < 4.78 is 11.9. The van der Waals surface area contributed by atoms with Gasteiger partial charge in [0.2, 0.25) is 0 Å². The third-order valence-corrected chi connectivity index (χ3v) is 5.73. The van der Waals surface area contributed by atoms with Crippen LogP contribution in [-0.4, -0.2) is 30.5 Å². The van der Waals surface area contributed by atoms with Gasteiger partial charge in [0.1, 0.15) is 24.7 Å². The van der Waals surface area contributed by atoms with Gasteiger partial charge in [-0.05, 0) is 45.4 Å². The van der Waals surface area contributed by atoms with E-state index in [-0.39, 0.29) is 33.0 Å². The average Bonchev–Trinajstić information content (AvgIpc) is 2.77. The smallest absolute Gasteiger partial charge is 0.181 e. The molecular weight excluding hydrogens is 386 g/mol. The van der Waals surface area contributed by atoms with Crippen LogP contribution in [0.2, 0.25) is 0 Å². The molecule has 0 aliphatic carbocycles. The first-order valence-corrected chi connectivity index (χ1v) is 11.2. The summed E-state index contributed by atoms with van der Waals surface area (Å²) in [6, 6.07) is 25.3. The Balaban J connectivity index is 0.00000320. The molecule has 3 aromatic carbocycles. The van der Waals surface area contributed by atoms with Crippen molar-refractivity contribution in [2.24, 2.45) is 0 Å². The third kappa shape index (κ3) is 7.33. The van der Waals surface area contributed by atoms with Crippen LogP contribution < -0.4 is 9.47 Å². The Morgan fingerprint density at radius 3 is 1.73 bits per heavy atom. The predicted octanol–water partition coefficient (Wildman–Crippen LogP) is 6.08. The van der Waals surface area contributed by atoms with E-state index < -0.39 is 0 Å². The minimum Gasteiger partial charge on any atom is -0.489 e. The van der Waals surface area contributed by atoms with E-state index in [1.54, 1.807) is 0 Å². The zero-order chi connectivity index (χ0) is 20.3. The Labute approximate surface area is 193 Å². The number of hydrogen-bond donors (Lipinski definition) is 0. The summed E-state index contributed by atoms with van der Waals surface area (Å²) in [6.45, 7) is 2.88. The number of carbonyl (C=O) groups excluding carboxylic acids is 1. The summed E-state index contributed by atoms with van der Waals surface area (Å²) >= 11 is 0. The molecule has 5 heteroatoms. The van der Waals surface area contributed by atoms with Crippen LogP contribution in [0.15, 0.2) is 78.9 Å². The number of unbranched alkanes of at least 4 members (excludes halogenated alkanes) is 1. The van der Waals surface area contributed by atoms with E-state index in [4.69, 9.17) is 9.47 Å². The van der Waals surface area contributed by atoms with Crippen LogP contribution in [0.25, 0.3) is 0 Å². The molecule has 0 saturated heterocycles. The summed E-state index contributed by atoms with van der Waals surface area (Å²) in [5.74, 6) is 1.59. The molecule has 3 nitrogen and oxygen atoms in total. The number of hydrogen-bond acceptors (Lipinski definition) is 3. The van der Waals surface area contributed by atoms with Gasteiger partial charge in [-0.25, -0.2) is 0 Å². The van der Waals surface area contributed by atoms with Gasteiger partial charge < -0.3 is 9.47 Å². The van der Waals surface area contributed by atoms with E-state index in [1.165, 1.54) is 0 Å². The van der Waals surface area contributed by atoms with Crippen LogP contribution in [0.5, 0.6) is 11.5 Å². The Bertz CT molecular complexity index is 839. The van der Waals surface area contributed by atoms with Gasteiger partial charge in [0, 0.05) is 35.6 Å². The summed E-state index contributed by atoms with van der Waals surface area (Å²) in [5, 5.41) is 0. The molecule has 1 unspecified atom stereocenters. The summed E-state index contributed by atoms with van der Waals surface area (Å²) in [6.07, 6.45) is 3.11. The van der Waals surface area contributed by atoms with E-state index in [0.29, 0.717) is 13.2 Å². The van der Waals surface area contributed by atoms with Crippen LogP contribution in [0, 0.1) is 0 Å². The Kier molecular flexibility index (Phi) is 10.7. The van der Waals surface area contributed by atoms with E-state index in [2.05, 4.69) is 6.92 Å². The number of ether oxygens (including phenoxy) is 2. The fraction of sp³-hybridized carbons (Fsp3) is 0.240. The molecule has 3 aromatic rings. The van der Waals surface area contributed by atoms with Gasteiger partial charge in [0.25, 0.3) is 0 Å². The van der Waals surface area contributed by atoms with Crippen molar-refractivity contribution in [3.05, 3.63) is 95.6 Å². The monoisotopic (exact) mass is 413 g/mol. The molecule has 0 aliphatic heterocycles. The van der Waals surface area contributed by atoms with E-state index in [9.17, 15) is 4.79 Å². The van der Waals surface area contributed by atoms with Crippen molar-refractivity contribution < 1.29 is 14.3 Å². The van der Waals surface area contributed by atoms with Crippen molar-refractivity contribution in [2.45, 2.75) is 33.0 Å². The topological polar surface area (TPSA) is 35.5 Å². The average molecular weight is 413 g/mol. The molecular formula is C25H27LiO3P. The quantitative estimate of drug-likeness (QED) is 0.217. The standard InChI is InChI=1S/C25H27O3P.Li/c1-2-3-17-29-25(26)24-20(18-27-22-13-6-4-7-14-22)11-10-12-21(24)19-28-23-15-8-5-9-16-23;/h4-16,29H,2-3,17-19H2,1H3;. The van der Waals surface area contributed by atoms with Crippen molar-refractivity contribution in [3.63, 3.8) is 0 Å². The largest absolute Gasteiger partial charge is 0.489 e. The minimum absolute atomic E-state index is 0. The number of para-hydroxylation sites is 2. The van der Waals surface area contributed by atoms with Crippen molar-refractivity contribution in [3.8, 4) is 11.5 Å². The van der Waals surface area contributed by atoms with Crippen LogP contribution in [0.3, 0.4) is 0 Å². The van der Waals surface area contributed by atoms with Gasteiger partial charge >= 0.3 is 0 Å². The molecule has 0 aliphatic rings. The van der Waals surface area contributed by atoms with Gasteiger partial charge in [-0.1, -0.05) is 67.9 Å². The normalized spacial score (nSPS) is 10.6. The summed E-state index contributed by atoms with van der Waals surface area (Å²) in [7, 11) is 0.275. The van der Waals surface area contributed by atoms with Crippen LogP contribution in [0.4, 0.5) is 0 Å². The molecule has 1 atom stereocenters. The molecule has 0 N–H and O–H groups in total. The zero-order valence-electron chi connectivity index (χ0n) is 17.8. The van der Waals surface area contributed by atoms with Crippen LogP contribution in [-0.2, 0) is 13.2 Å². The van der Waals surface area contributed by atoms with Crippen molar-refractivity contribution in [1.82, 2.24) is 0 Å². The molecule has 0 spiro atoms. The second-order valence-electron chi connectivity index (χ2n) is 6.76. The maximum Gasteiger partial charge on any atom is 0.181 e. The first-order valence-electron chi connectivity index (χ1n) is 10.0. The van der Waals surface area contributed by atoms with Gasteiger partial charge in [0.05, 0.1) is 0 Å². The molecule has 0 heterocycles. The van der Waals surface area contributed by atoms with E-state index in [1.807, 2.05) is 78.9 Å². The zero-order valence-corrected chi connectivity index (χ0v) is 18.8. The molecule has 0 saturated carbocycles. The number of carbonyl (C=O) groups is 1. The molecule has 0 aromatic heterocycles. The Morgan fingerprint density at radius 2 is 1.27 bits per heavy atom. The van der Waals surface area contributed by atoms with Crippen LogP contribution in [0.1, 0.15) is 41.3 Å². The third-order valence-electron chi connectivity index (χ3n) is 4.56. The van der Waals surface area contributed by atoms with Gasteiger partial charge in [-0.2, -0.15) is 0 Å². The Hall–Kier alpha value is -2.04. The fourth-order valence-corrected chi connectivity index (χ4v) is 4.26. The number of benzene rings is 3. The minimum atomic E-state index is 0. The maximum atomic E-state index is 13.1. The van der Waals surface area contributed by atoms with Gasteiger partial charge in [-0.15, -0.1) is 0 Å². The molecule has 0 bridgehead atoms. The summed E-state index contributed by atoms with van der Waals surface area (Å²) in [5.41, 5.74) is 2.78. The molecule has 0 fully saturated rings. The first-order chi connectivity index (χ1) is 14.3. The van der Waals surface area contributed by atoms with Crippen molar-refractivity contribution in [2.75, 3.05) is 6.16 Å². The Morgan fingerprint density at radius 1 is 0.767 bits per heavy atom.